The van der Waals surface area contributed by atoms with E-state index in [0.29, 0.717) is 5.69 Å². The van der Waals surface area contributed by atoms with Gasteiger partial charge in [0.25, 0.3) is 0 Å². The molecule has 6 heteroatoms. The molecule has 0 unspecified atom stereocenters. The highest BCUT2D eigenvalue weighted by Gasteiger charge is 2.18. The lowest BCUT2D eigenvalue weighted by Crippen LogP contribution is -2.18. The zero-order valence-electron chi connectivity index (χ0n) is 12.3. The molecule has 112 valence electrons. The van der Waals surface area contributed by atoms with Crippen LogP contribution < -0.4 is 15.8 Å². The Morgan fingerprint density at radius 3 is 2.29 bits per heavy atom. The van der Waals surface area contributed by atoms with Crippen molar-refractivity contribution in [1.29, 1.82) is 0 Å². The van der Waals surface area contributed by atoms with E-state index >= 15 is 0 Å². The molecule has 0 radical (unpaired) electrons. The van der Waals surface area contributed by atoms with Crippen LogP contribution in [0.15, 0.2) is 41.3 Å². The average molecular weight is 305 g/mol. The number of para-hydroxylation sites is 1. The second-order valence-corrected chi connectivity index (χ2v) is 6.61. The summed E-state index contributed by atoms with van der Waals surface area (Å²) in [6.07, 6.45) is 0. The van der Waals surface area contributed by atoms with Crippen LogP contribution in [0.5, 0.6) is 0 Å². The maximum Gasteiger partial charge on any atom is 0.240 e. The van der Waals surface area contributed by atoms with Crippen LogP contribution >= 0.6 is 0 Å². The molecule has 0 atom stereocenters. The fourth-order valence-corrected chi connectivity index (χ4v) is 3.06. The maximum absolute atomic E-state index is 11.6. The molecule has 0 aliphatic heterocycles. The predicted octanol–water partition coefficient (Wildman–Crippen LogP) is 2.30. The average Bonchev–Trinajstić information content (AvgIpc) is 2.37. The molecule has 0 spiro atoms. The molecule has 0 amide bonds. The highest BCUT2D eigenvalue weighted by molar-refractivity contribution is 7.89. The van der Waals surface area contributed by atoms with Crippen molar-refractivity contribution < 1.29 is 8.42 Å². The van der Waals surface area contributed by atoms with Gasteiger partial charge in [-0.1, -0.05) is 23.8 Å². The lowest BCUT2D eigenvalue weighted by molar-refractivity contribution is 0.598. The van der Waals surface area contributed by atoms with Gasteiger partial charge in [-0.2, -0.15) is 0 Å². The minimum absolute atomic E-state index is 0.0587. The lowest BCUT2D eigenvalue weighted by Gasteiger charge is -2.24. The molecule has 2 aromatic rings. The molecular formula is C15H19N3O2S. The van der Waals surface area contributed by atoms with E-state index in [1.807, 2.05) is 37.9 Å². The van der Waals surface area contributed by atoms with Crippen LogP contribution in [0.1, 0.15) is 11.1 Å². The number of nitrogens with zero attached hydrogens (tertiary/aromatic N) is 1. The van der Waals surface area contributed by atoms with Gasteiger partial charge in [0.1, 0.15) is 4.90 Å². The van der Waals surface area contributed by atoms with Gasteiger partial charge in [0.15, 0.2) is 0 Å². The third-order valence-corrected chi connectivity index (χ3v) is 4.39. The third kappa shape index (κ3) is 3.01. The highest BCUT2D eigenvalue weighted by atomic mass is 32.2. The molecule has 4 N–H and O–H groups in total. The first-order valence-corrected chi connectivity index (χ1v) is 7.98. The number of rotatable bonds is 3. The van der Waals surface area contributed by atoms with Crippen molar-refractivity contribution in [2.75, 3.05) is 17.7 Å². The van der Waals surface area contributed by atoms with Crippen LogP contribution in [0.3, 0.4) is 0 Å². The quantitative estimate of drug-likeness (QED) is 0.851. The standard InChI is InChI=1S/C15H19N3O2S/c1-10-7-8-12(11(2)9-10)18(3)13-5-4-6-14(15(13)16)21(17,19)20/h4-9H,16H2,1-3H3,(H2,17,19,20). The van der Waals surface area contributed by atoms with E-state index in [9.17, 15) is 8.42 Å². The second-order valence-electron chi connectivity index (χ2n) is 5.08. The van der Waals surface area contributed by atoms with Crippen molar-refractivity contribution >= 4 is 27.1 Å². The van der Waals surface area contributed by atoms with Crippen molar-refractivity contribution in [2.45, 2.75) is 18.7 Å². The van der Waals surface area contributed by atoms with Gasteiger partial charge in [0, 0.05) is 12.7 Å². The van der Waals surface area contributed by atoms with E-state index in [4.69, 9.17) is 10.9 Å². The first-order valence-electron chi connectivity index (χ1n) is 6.44. The summed E-state index contributed by atoms with van der Waals surface area (Å²) in [5.41, 5.74) is 9.95. The topological polar surface area (TPSA) is 89.4 Å². The number of primary sulfonamides is 1. The van der Waals surface area contributed by atoms with E-state index in [2.05, 4.69) is 6.07 Å². The number of benzene rings is 2. The van der Waals surface area contributed by atoms with Crippen molar-refractivity contribution in [3.8, 4) is 0 Å². The second kappa shape index (κ2) is 5.38. The maximum atomic E-state index is 11.6. The van der Waals surface area contributed by atoms with Crippen LogP contribution in [-0.2, 0) is 10.0 Å². The third-order valence-electron chi connectivity index (χ3n) is 3.42. The first kappa shape index (κ1) is 15.3. The zero-order valence-corrected chi connectivity index (χ0v) is 13.1. The Balaban J connectivity index is 2.57. The van der Waals surface area contributed by atoms with Crippen LogP contribution in [0.2, 0.25) is 0 Å². The summed E-state index contributed by atoms with van der Waals surface area (Å²) >= 11 is 0. The van der Waals surface area contributed by atoms with Gasteiger partial charge in [-0.05, 0) is 37.6 Å². The van der Waals surface area contributed by atoms with Gasteiger partial charge in [0.05, 0.1) is 11.4 Å². The smallest absolute Gasteiger partial charge is 0.240 e. The minimum atomic E-state index is -3.84. The Hall–Kier alpha value is -2.05. The van der Waals surface area contributed by atoms with Crippen molar-refractivity contribution in [3.63, 3.8) is 0 Å². The summed E-state index contributed by atoms with van der Waals surface area (Å²) in [4.78, 5) is 1.80. The number of hydrogen-bond acceptors (Lipinski definition) is 4. The van der Waals surface area contributed by atoms with Crippen LogP contribution in [0.25, 0.3) is 0 Å². The summed E-state index contributed by atoms with van der Waals surface area (Å²) in [5, 5.41) is 5.19. The predicted molar refractivity (Wildman–Crippen MR) is 86.2 cm³/mol. The van der Waals surface area contributed by atoms with E-state index < -0.39 is 10.0 Å². The minimum Gasteiger partial charge on any atom is -0.396 e. The Bertz CT molecular complexity index is 786. The van der Waals surface area contributed by atoms with Crippen molar-refractivity contribution in [1.82, 2.24) is 0 Å². The molecule has 5 nitrogen and oxygen atoms in total. The number of aryl methyl sites for hydroxylation is 2. The van der Waals surface area contributed by atoms with Crippen LogP contribution in [0.4, 0.5) is 17.1 Å². The summed E-state index contributed by atoms with van der Waals surface area (Å²) in [5.74, 6) is 0. The van der Waals surface area contributed by atoms with Crippen LogP contribution in [0, 0.1) is 13.8 Å². The molecule has 0 bridgehead atoms. The Labute approximate surface area is 125 Å². The van der Waals surface area contributed by atoms with Gasteiger partial charge < -0.3 is 10.6 Å². The zero-order chi connectivity index (χ0) is 15.8. The Morgan fingerprint density at radius 2 is 1.71 bits per heavy atom. The van der Waals surface area contributed by atoms with E-state index in [0.717, 1.165) is 16.8 Å². The molecule has 0 saturated carbocycles. The normalized spacial score (nSPS) is 11.4. The summed E-state index contributed by atoms with van der Waals surface area (Å²) in [7, 11) is -2.00. The summed E-state index contributed by atoms with van der Waals surface area (Å²) in [6.45, 7) is 4.02. The first-order chi connectivity index (χ1) is 9.71. The van der Waals surface area contributed by atoms with Gasteiger partial charge in [-0.15, -0.1) is 0 Å². The molecule has 0 aliphatic rings. The number of anilines is 3. The molecule has 2 rings (SSSR count). The van der Waals surface area contributed by atoms with Crippen molar-refractivity contribution in [2.24, 2.45) is 5.14 Å². The lowest BCUT2D eigenvalue weighted by atomic mass is 10.1. The molecule has 21 heavy (non-hydrogen) atoms. The van der Waals surface area contributed by atoms with Gasteiger partial charge in [-0.25, -0.2) is 13.6 Å². The number of nitrogens with two attached hydrogens (primary N) is 2. The van der Waals surface area contributed by atoms with Gasteiger partial charge in [0.2, 0.25) is 10.0 Å². The summed E-state index contributed by atoms with van der Waals surface area (Å²) < 4.78 is 23.1. The van der Waals surface area contributed by atoms with Crippen LogP contribution in [-0.4, -0.2) is 15.5 Å². The largest absolute Gasteiger partial charge is 0.396 e. The molecule has 0 aliphatic carbocycles. The van der Waals surface area contributed by atoms with Crippen molar-refractivity contribution in [3.05, 3.63) is 47.5 Å². The van der Waals surface area contributed by atoms with E-state index in [1.54, 1.807) is 12.1 Å². The van der Waals surface area contributed by atoms with E-state index in [-0.39, 0.29) is 10.6 Å². The summed E-state index contributed by atoms with van der Waals surface area (Å²) in [6, 6.07) is 10.8. The molecular weight excluding hydrogens is 286 g/mol. The Morgan fingerprint density at radius 1 is 1.05 bits per heavy atom. The van der Waals surface area contributed by atoms with E-state index in [1.165, 1.54) is 6.07 Å². The number of nitrogen functional groups attached to an aromatic ring is 1. The SMILES string of the molecule is Cc1ccc(N(C)c2cccc(S(N)(=O)=O)c2N)c(C)c1. The molecule has 0 heterocycles. The fraction of sp³-hybridized carbons (Fsp3) is 0.200. The Kier molecular flexibility index (Phi) is 3.93. The molecule has 2 aromatic carbocycles. The fourth-order valence-electron chi connectivity index (χ4n) is 2.38. The highest BCUT2D eigenvalue weighted by Crippen LogP contribution is 2.34. The molecule has 0 fully saturated rings. The van der Waals surface area contributed by atoms with Gasteiger partial charge >= 0.3 is 0 Å². The molecule has 0 saturated heterocycles. The number of sulfonamides is 1. The monoisotopic (exact) mass is 305 g/mol. The van der Waals surface area contributed by atoms with Gasteiger partial charge in [-0.3, -0.25) is 0 Å². The molecule has 0 aromatic heterocycles. The number of hydrogen-bond donors (Lipinski definition) is 2.